The van der Waals surface area contributed by atoms with E-state index in [0.717, 1.165) is 0 Å². The van der Waals surface area contributed by atoms with E-state index in [4.69, 9.17) is 10.4 Å². The van der Waals surface area contributed by atoms with Gasteiger partial charge in [0.05, 0.1) is 12.2 Å². The van der Waals surface area contributed by atoms with Gasteiger partial charge in [-0.1, -0.05) is 0 Å². The molecule has 1 rings (SSSR count). The van der Waals surface area contributed by atoms with Crippen LogP contribution in [-0.2, 0) is 4.79 Å². The van der Waals surface area contributed by atoms with E-state index in [1.54, 1.807) is 11.4 Å². The van der Waals surface area contributed by atoms with Gasteiger partial charge in [0.1, 0.15) is 11.1 Å². The van der Waals surface area contributed by atoms with Gasteiger partial charge in [0.15, 0.2) is 0 Å². The van der Waals surface area contributed by atoms with E-state index in [0.29, 0.717) is 23.5 Å². The van der Waals surface area contributed by atoms with Crippen molar-refractivity contribution in [3.8, 4) is 6.07 Å². The van der Waals surface area contributed by atoms with Crippen molar-refractivity contribution < 1.29 is 9.90 Å². The number of aliphatic hydroxyl groups excluding tert-OH is 1. The summed E-state index contributed by atoms with van der Waals surface area (Å²) >= 11 is 1.34. The number of nitrogens with one attached hydrogen (secondary N) is 1. The van der Waals surface area contributed by atoms with Gasteiger partial charge in [-0.15, -0.1) is 11.3 Å². The van der Waals surface area contributed by atoms with E-state index < -0.39 is 0 Å². The Labute approximate surface area is 111 Å². The average molecular weight is 267 g/mol. The summed E-state index contributed by atoms with van der Waals surface area (Å²) in [6.07, 6.45) is 0.337. The maximum atomic E-state index is 11.7. The number of amides is 1. The molecule has 0 bridgehead atoms. The van der Waals surface area contributed by atoms with Gasteiger partial charge in [-0.3, -0.25) is 4.79 Å². The zero-order valence-electron chi connectivity index (χ0n) is 10.5. The number of rotatable bonds is 6. The molecule has 0 aliphatic carbocycles. The van der Waals surface area contributed by atoms with Crippen LogP contribution < -0.4 is 5.32 Å². The molecular weight excluding hydrogens is 250 g/mol. The second kappa shape index (κ2) is 7.11. The van der Waals surface area contributed by atoms with Crippen molar-refractivity contribution in [2.24, 2.45) is 0 Å². The molecule has 0 fully saturated rings. The average Bonchev–Trinajstić information content (AvgIpc) is 2.82. The van der Waals surface area contributed by atoms with E-state index in [2.05, 4.69) is 5.32 Å². The van der Waals surface area contributed by atoms with Gasteiger partial charge in [-0.2, -0.15) is 5.26 Å². The van der Waals surface area contributed by atoms with Crippen molar-refractivity contribution in [3.63, 3.8) is 0 Å². The minimum atomic E-state index is -0.120. The van der Waals surface area contributed by atoms with Crippen LogP contribution in [0.15, 0.2) is 11.4 Å². The Morgan fingerprint density at radius 1 is 1.72 bits per heavy atom. The van der Waals surface area contributed by atoms with Crippen molar-refractivity contribution in [2.75, 3.05) is 25.5 Å². The van der Waals surface area contributed by atoms with Crippen LogP contribution in [-0.4, -0.2) is 42.2 Å². The third-order valence-electron chi connectivity index (χ3n) is 2.75. The van der Waals surface area contributed by atoms with Crippen LogP contribution in [0.1, 0.15) is 18.9 Å². The quantitative estimate of drug-likeness (QED) is 0.813. The summed E-state index contributed by atoms with van der Waals surface area (Å²) in [7, 11) is 1.86. The van der Waals surface area contributed by atoms with Crippen LogP contribution in [0.4, 0.5) is 5.00 Å². The zero-order valence-corrected chi connectivity index (χ0v) is 11.3. The maximum Gasteiger partial charge on any atom is 0.226 e. The first kappa shape index (κ1) is 14.6. The summed E-state index contributed by atoms with van der Waals surface area (Å²) in [5.41, 5.74) is 0.491. The zero-order chi connectivity index (χ0) is 13.5. The molecule has 0 saturated heterocycles. The van der Waals surface area contributed by atoms with Crippen LogP contribution in [0, 0.1) is 11.3 Å². The Bertz CT molecular complexity index is 439. The number of hydrogen-bond donors (Lipinski definition) is 2. The molecule has 0 aliphatic rings. The molecule has 6 heteroatoms. The maximum absolute atomic E-state index is 11.7. The van der Waals surface area contributed by atoms with Crippen LogP contribution in [0.2, 0.25) is 0 Å². The third kappa shape index (κ3) is 4.11. The summed E-state index contributed by atoms with van der Waals surface area (Å²) in [5.74, 6) is -0.120. The minimum absolute atomic E-state index is 0.0363. The number of hydrogen-bond acceptors (Lipinski definition) is 5. The Hall–Kier alpha value is -1.42. The molecule has 2 N–H and O–H groups in total. The summed E-state index contributed by atoms with van der Waals surface area (Å²) < 4.78 is 0. The van der Waals surface area contributed by atoms with Gasteiger partial charge in [0.2, 0.25) is 5.91 Å². The topological polar surface area (TPSA) is 76.4 Å². The second-order valence-electron chi connectivity index (χ2n) is 4.09. The first-order chi connectivity index (χ1) is 8.58. The number of nitriles is 1. The lowest BCUT2D eigenvalue weighted by Crippen LogP contribution is -2.34. The highest BCUT2D eigenvalue weighted by atomic mass is 32.1. The number of aliphatic hydroxyl groups is 1. The molecule has 0 radical (unpaired) electrons. The van der Waals surface area contributed by atoms with Gasteiger partial charge in [-0.05, 0) is 25.4 Å². The van der Waals surface area contributed by atoms with Gasteiger partial charge in [-0.25, -0.2) is 0 Å². The molecule has 1 aromatic rings. The van der Waals surface area contributed by atoms with E-state index in [-0.39, 0.29) is 18.6 Å². The molecule has 5 nitrogen and oxygen atoms in total. The highest BCUT2D eigenvalue weighted by Gasteiger charge is 2.11. The van der Waals surface area contributed by atoms with Crippen LogP contribution in [0.5, 0.6) is 0 Å². The molecule has 1 heterocycles. The first-order valence-electron chi connectivity index (χ1n) is 5.67. The highest BCUT2D eigenvalue weighted by Crippen LogP contribution is 2.22. The third-order valence-corrected chi connectivity index (χ3v) is 3.58. The van der Waals surface area contributed by atoms with E-state index >= 15 is 0 Å². The molecule has 0 aliphatic heterocycles. The molecule has 18 heavy (non-hydrogen) atoms. The van der Waals surface area contributed by atoms with Crippen molar-refractivity contribution in [2.45, 2.75) is 19.4 Å². The largest absolute Gasteiger partial charge is 0.395 e. The Morgan fingerprint density at radius 2 is 2.44 bits per heavy atom. The van der Waals surface area contributed by atoms with Crippen molar-refractivity contribution in [1.82, 2.24) is 4.90 Å². The number of carbonyl (C=O) groups is 1. The summed E-state index contributed by atoms with van der Waals surface area (Å²) in [6, 6.07) is 3.74. The van der Waals surface area contributed by atoms with E-state index in [1.807, 2.05) is 24.9 Å². The lowest BCUT2D eigenvalue weighted by atomic mass is 10.3. The molecule has 1 aromatic heterocycles. The van der Waals surface area contributed by atoms with Crippen LogP contribution in [0.3, 0.4) is 0 Å². The molecule has 1 amide bonds. The molecule has 1 atom stereocenters. The summed E-state index contributed by atoms with van der Waals surface area (Å²) in [5, 5.41) is 22.9. The van der Waals surface area contributed by atoms with Crippen LogP contribution in [0.25, 0.3) is 0 Å². The Morgan fingerprint density at radius 3 is 3.06 bits per heavy atom. The fourth-order valence-corrected chi connectivity index (χ4v) is 2.07. The number of nitrogens with zero attached hydrogens (tertiary/aromatic N) is 2. The molecular formula is C12H17N3O2S. The standard InChI is InChI=1S/C12H17N3O2S/c1-9(8-16)15(2)5-3-11(17)14-12-10(7-13)4-6-18-12/h4,6,9,16H,3,5,8H2,1-2H3,(H,14,17). The lowest BCUT2D eigenvalue weighted by molar-refractivity contribution is -0.116. The molecule has 1 unspecified atom stereocenters. The Kier molecular flexibility index (Phi) is 5.78. The molecule has 0 spiro atoms. The van der Waals surface area contributed by atoms with Crippen LogP contribution >= 0.6 is 11.3 Å². The molecule has 0 aromatic carbocycles. The first-order valence-corrected chi connectivity index (χ1v) is 6.55. The number of anilines is 1. The monoisotopic (exact) mass is 267 g/mol. The van der Waals surface area contributed by atoms with E-state index in [9.17, 15) is 4.79 Å². The SMILES string of the molecule is CC(CO)N(C)CCC(=O)Nc1sccc1C#N. The fourth-order valence-electron chi connectivity index (χ4n) is 1.32. The Balaban J connectivity index is 2.41. The van der Waals surface area contributed by atoms with Crippen molar-refractivity contribution >= 4 is 22.2 Å². The number of carbonyl (C=O) groups excluding carboxylic acids is 1. The van der Waals surface area contributed by atoms with E-state index in [1.165, 1.54) is 11.3 Å². The molecule has 0 saturated carbocycles. The summed E-state index contributed by atoms with van der Waals surface area (Å²) in [6.45, 7) is 2.54. The number of thiophene rings is 1. The molecule has 98 valence electrons. The smallest absolute Gasteiger partial charge is 0.226 e. The van der Waals surface area contributed by atoms with Crippen molar-refractivity contribution in [3.05, 3.63) is 17.0 Å². The van der Waals surface area contributed by atoms with Gasteiger partial charge in [0, 0.05) is 19.0 Å². The predicted molar refractivity (Wildman–Crippen MR) is 71.5 cm³/mol. The van der Waals surface area contributed by atoms with Gasteiger partial charge in [0.25, 0.3) is 0 Å². The summed E-state index contributed by atoms with van der Waals surface area (Å²) in [4.78, 5) is 13.6. The normalized spacial score (nSPS) is 12.2. The highest BCUT2D eigenvalue weighted by molar-refractivity contribution is 7.14. The van der Waals surface area contributed by atoms with Gasteiger partial charge < -0.3 is 15.3 Å². The minimum Gasteiger partial charge on any atom is -0.395 e. The number of likely N-dealkylation sites (N-methyl/N-ethyl adjacent to an activating group) is 1. The second-order valence-corrected chi connectivity index (χ2v) is 5.00. The van der Waals surface area contributed by atoms with Crippen molar-refractivity contribution in [1.29, 1.82) is 5.26 Å². The lowest BCUT2D eigenvalue weighted by Gasteiger charge is -2.22. The fraction of sp³-hybridized carbons (Fsp3) is 0.500. The predicted octanol–water partition coefficient (Wildman–Crippen LogP) is 1.26. The van der Waals surface area contributed by atoms with Gasteiger partial charge >= 0.3 is 0 Å².